The van der Waals surface area contributed by atoms with Gasteiger partial charge in [0.1, 0.15) is 4.90 Å². The maximum absolute atomic E-state index is 11.9. The molecule has 0 aromatic heterocycles. The van der Waals surface area contributed by atoms with Crippen molar-refractivity contribution in [1.29, 1.82) is 0 Å². The Kier molecular flexibility index (Phi) is 6.02. The molecule has 0 unspecified atom stereocenters. The molecule has 118 valence electrons. The van der Waals surface area contributed by atoms with Crippen LogP contribution in [-0.4, -0.2) is 34.7 Å². The molecule has 0 aliphatic heterocycles. The Morgan fingerprint density at radius 3 is 2.62 bits per heavy atom. The van der Waals surface area contributed by atoms with Crippen LogP contribution in [0.2, 0.25) is 0 Å². The van der Waals surface area contributed by atoms with Crippen molar-refractivity contribution in [3.05, 3.63) is 24.3 Å². The number of hydrogen-bond acceptors (Lipinski definition) is 4. The van der Waals surface area contributed by atoms with E-state index < -0.39 is 10.0 Å². The first kappa shape index (κ1) is 16.3. The monoisotopic (exact) mass is 312 g/mol. The van der Waals surface area contributed by atoms with Gasteiger partial charge in [0.25, 0.3) is 0 Å². The molecule has 0 atom stereocenters. The standard InChI is InChI=1S/C15H24N2O3S/c1-16-21(18,19)15-10-6-5-9-14(15)17-11-12-20-13-7-3-2-4-8-13/h5-6,9-10,13,16-17H,2-4,7-8,11-12H2,1H3. The van der Waals surface area contributed by atoms with Crippen molar-refractivity contribution in [3.8, 4) is 0 Å². The van der Waals surface area contributed by atoms with Crippen LogP contribution in [0.4, 0.5) is 5.69 Å². The summed E-state index contributed by atoms with van der Waals surface area (Å²) in [5.74, 6) is 0. The number of anilines is 1. The number of hydrogen-bond donors (Lipinski definition) is 2. The lowest BCUT2D eigenvalue weighted by molar-refractivity contribution is 0.0347. The van der Waals surface area contributed by atoms with Crippen molar-refractivity contribution in [2.45, 2.75) is 43.1 Å². The topological polar surface area (TPSA) is 67.4 Å². The van der Waals surface area contributed by atoms with Crippen LogP contribution in [0.1, 0.15) is 32.1 Å². The van der Waals surface area contributed by atoms with Crippen molar-refractivity contribution < 1.29 is 13.2 Å². The van der Waals surface area contributed by atoms with E-state index in [-0.39, 0.29) is 4.90 Å². The van der Waals surface area contributed by atoms with E-state index in [1.165, 1.54) is 26.3 Å². The molecule has 1 aromatic rings. The molecule has 0 radical (unpaired) electrons. The zero-order chi connectivity index (χ0) is 15.1. The van der Waals surface area contributed by atoms with Crippen LogP contribution in [0, 0.1) is 0 Å². The van der Waals surface area contributed by atoms with Crippen molar-refractivity contribution in [2.75, 3.05) is 25.5 Å². The van der Waals surface area contributed by atoms with E-state index in [1.54, 1.807) is 18.2 Å². The number of sulfonamides is 1. The molecule has 1 aliphatic carbocycles. The summed E-state index contributed by atoms with van der Waals surface area (Å²) in [6.45, 7) is 1.20. The van der Waals surface area contributed by atoms with Gasteiger partial charge in [-0.05, 0) is 32.0 Å². The minimum atomic E-state index is -3.44. The molecule has 1 aliphatic rings. The van der Waals surface area contributed by atoms with E-state index in [0.717, 1.165) is 12.8 Å². The summed E-state index contributed by atoms with van der Waals surface area (Å²) in [6.07, 6.45) is 6.47. The van der Waals surface area contributed by atoms with E-state index in [0.29, 0.717) is 24.9 Å². The van der Waals surface area contributed by atoms with Gasteiger partial charge in [-0.15, -0.1) is 0 Å². The predicted molar refractivity (Wildman–Crippen MR) is 84.0 cm³/mol. The van der Waals surface area contributed by atoms with Gasteiger partial charge in [-0.25, -0.2) is 13.1 Å². The smallest absolute Gasteiger partial charge is 0.242 e. The third-order valence-electron chi connectivity index (χ3n) is 3.77. The van der Waals surface area contributed by atoms with Gasteiger partial charge in [0.2, 0.25) is 10.0 Å². The summed E-state index contributed by atoms with van der Waals surface area (Å²) in [5.41, 5.74) is 0.610. The average Bonchev–Trinajstić information content (AvgIpc) is 2.53. The summed E-state index contributed by atoms with van der Waals surface area (Å²) in [4.78, 5) is 0.269. The lowest BCUT2D eigenvalue weighted by Crippen LogP contribution is -2.22. The Labute approximate surface area is 127 Å². The van der Waals surface area contributed by atoms with Crippen LogP contribution >= 0.6 is 0 Å². The summed E-state index contributed by atoms with van der Waals surface area (Å²) in [6, 6.07) is 6.90. The minimum Gasteiger partial charge on any atom is -0.382 e. The van der Waals surface area contributed by atoms with E-state index in [1.807, 2.05) is 6.07 Å². The van der Waals surface area contributed by atoms with Gasteiger partial charge in [0.05, 0.1) is 18.4 Å². The maximum atomic E-state index is 11.9. The van der Waals surface area contributed by atoms with E-state index >= 15 is 0 Å². The fourth-order valence-electron chi connectivity index (χ4n) is 2.60. The first-order valence-corrected chi connectivity index (χ1v) is 9.00. The first-order valence-electron chi connectivity index (χ1n) is 7.51. The number of benzene rings is 1. The molecule has 0 amide bonds. The summed E-state index contributed by atoms with van der Waals surface area (Å²) in [7, 11) is -2.02. The molecule has 0 bridgehead atoms. The Balaban J connectivity index is 1.86. The summed E-state index contributed by atoms with van der Waals surface area (Å²) in [5, 5.41) is 3.15. The number of rotatable bonds is 7. The van der Waals surface area contributed by atoms with Gasteiger partial charge in [-0.3, -0.25) is 0 Å². The van der Waals surface area contributed by atoms with Crippen molar-refractivity contribution in [2.24, 2.45) is 0 Å². The maximum Gasteiger partial charge on any atom is 0.242 e. The van der Waals surface area contributed by atoms with Gasteiger partial charge in [0.15, 0.2) is 0 Å². The molecule has 0 spiro atoms. The second kappa shape index (κ2) is 7.77. The second-order valence-corrected chi connectivity index (χ2v) is 7.12. The molecule has 1 saturated carbocycles. The highest BCUT2D eigenvalue weighted by Crippen LogP contribution is 2.21. The zero-order valence-corrected chi connectivity index (χ0v) is 13.3. The molecule has 0 heterocycles. The Hall–Kier alpha value is -1.11. The highest BCUT2D eigenvalue weighted by molar-refractivity contribution is 7.89. The van der Waals surface area contributed by atoms with Gasteiger partial charge in [-0.1, -0.05) is 31.4 Å². The largest absolute Gasteiger partial charge is 0.382 e. The normalized spacial score (nSPS) is 16.8. The Bertz CT molecular complexity index is 540. The SMILES string of the molecule is CNS(=O)(=O)c1ccccc1NCCOC1CCCCC1. The highest BCUT2D eigenvalue weighted by Gasteiger charge is 2.16. The molecule has 2 rings (SSSR count). The molecule has 6 heteroatoms. The fraction of sp³-hybridized carbons (Fsp3) is 0.600. The number of nitrogens with one attached hydrogen (secondary N) is 2. The second-order valence-electron chi connectivity index (χ2n) is 5.26. The van der Waals surface area contributed by atoms with Crippen molar-refractivity contribution in [1.82, 2.24) is 4.72 Å². The van der Waals surface area contributed by atoms with Gasteiger partial charge >= 0.3 is 0 Å². The van der Waals surface area contributed by atoms with E-state index in [4.69, 9.17) is 4.74 Å². The quantitative estimate of drug-likeness (QED) is 0.759. The van der Waals surface area contributed by atoms with Crippen LogP contribution in [0.5, 0.6) is 0 Å². The van der Waals surface area contributed by atoms with E-state index in [2.05, 4.69) is 10.0 Å². The van der Waals surface area contributed by atoms with E-state index in [9.17, 15) is 8.42 Å². The Morgan fingerprint density at radius 1 is 1.19 bits per heavy atom. The average molecular weight is 312 g/mol. The Morgan fingerprint density at radius 2 is 1.90 bits per heavy atom. The van der Waals surface area contributed by atoms with Crippen molar-refractivity contribution in [3.63, 3.8) is 0 Å². The zero-order valence-electron chi connectivity index (χ0n) is 12.5. The van der Waals surface area contributed by atoms with Crippen LogP contribution < -0.4 is 10.0 Å². The third-order valence-corrected chi connectivity index (χ3v) is 5.24. The van der Waals surface area contributed by atoms with Crippen LogP contribution in [0.15, 0.2) is 29.2 Å². The number of para-hydroxylation sites is 1. The molecular formula is C15H24N2O3S. The molecule has 5 nitrogen and oxygen atoms in total. The predicted octanol–water partition coefficient (Wildman–Crippen LogP) is 2.36. The van der Waals surface area contributed by atoms with Crippen LogP contribution in [-0.2, 0) is 14.8 Å². The summed E-state index contributed by atoms with van der Waals surface area (Å²) < 4.78 is 32.0. The van der Waals surface area contributed by atoms with Crippen LogP contribution in [0.25, 0.3) is 0 Å². The number of ether oxygens (including phenoxy) is 1. The van der Waals surface area contributed by atoms with Crippen LogP contribution in [0.3, 0.4) is 0 Å². The van der Waals surface area contributed by atoms with Crippen molar-refractivity contribution >= 4 is 15.7 Å². The molecule has 0 saturated heterocycles. The lowest BCUT2D eigenvalue weighted by Gasteiger charge is -2.22. The van der Waals surface area contributed by atoms with Gasteiger partial charge < -0.3 is 10.1 Å². The first-order chi connectivity index (χ1) is 10.1. The lowest BCUT2D eigenvalue weighted by atomic mass is 9.98. The molecule has 1 aromatic carbocycles. The molecule has 21 heavy (non-hydrogen) atoms. The van der Waals surface area contributed by atoms with Gasteiger partial charge in [-0.2, -0.15) is 0 Å². The summed E-state index contributed by atoms with van der Waals surface area (Å²) >= 11 is 0. The molecular weight excluding hydrogens is 288 g/mol. The molecule has 1 fully saturated rings. The third kappa shape index (κ3) is 4.69. The van der Waals surface area contributed by atoms with Gasteiger partial charge in [0, 0.05) is 6.54 Å². The minimum absolute atomic E-state index is 0.269. The fourth-order valence-corrected chi connectivity index (χ4v) is 3.51. The highest BCUT2D eigenvalue weighted by atomic mass is 32.2. The molecule has 2 N–H and O–H groups in total.